The van der Waals surface area contributed by atoms with E-state index in [0.29, 0.717) is 22.2 Å². The largest absolute Gasteiger partial charge is 0.481 e. The van der Waals surface area contributed by atoms with Gasteiger partial charge in [0.1, 0.15) is 5.76 Å². The van der Waals surface area contributed by atoms with Crippen molar-refractivity contribution in [1.29, 1.82) is 0 Å². The Labute approximate surface area is 150 Å². The van der Waals surface area contributed by atoms with Gasteiger partial charge in [-0.25, -0.2) is 4.98 Å². The fourth-order valence-corrected chi connectivity index (χ4v) is 3.69. The maximum atomic E-state index is 13.0. The fraction of sp³-hybridized carbons (Fsp3) is 0.438. The van der Waals surface area contributed by atoms with Crippen LogP contribution in [0.4, 0.5) is 13.2 Å². The number of amides is 1. The number of alkyl halides is 3. The number of aromatic nitrogens is 1. The molecule has 0 radical (unpaired) electrons. The van der Waals surface area contributed by atoms with Gasteiger partial charge < -0.3 is 14.4 Å². The summed E-state index contributed by atoms with van der Waals surface area (Å²) in [6.07, 6.45) is -4.85. The lowest BCUT2D eigenvalue weighted by Gasteiger charge is -2.18. The number of halogens is 3. The molecule has 0 spiro atoms. The van der Waals surface area contributed by atoms with Gasteiger partial charge in [0, 0.05) is 18.5 Å². The first-order valence-corrected chi connectivity index (χ1v) is 8.61. The van der Waals surface area contributed by atoms with Crippen LogP contribution in [0.5, 0.6) is 0 Å². The zero-order chi connectivity index (χ0) is 19.1. The Morgan fingerprint density at radius 2 is 2.12 bits per heavy atom. The van der Waals surface area contributed by atoms with Crippen LogP contribution in [0.1, 0.15) is 11.5 Å². The second kappa shape index (κ2) is 6.75. The summed E-state index contributed by atoms with van der Waals surface area (Å²) in [5.74, 6) is -4.56. The van der Waals surface area contributed by atoms with E-state index >= 15 is 0 Å². The van der Waals surface area contributed by atoms with E-state index in [2.05, 4.69) is 4.98 Å². The van der Waals surface area contributed by atoms with Gasteiger partial charge in [0.05, 0.1) is 24.0 Å². The molecule has 1 aliphatic rings. The molecular weight excluding hydrogens is 373 g/mol. The standard InChI is InChI=1S/C16H15F3N2O4S/c1-8-2-3-12(25-8)14-20-9(7-26-14)4-13(22)21-5-10(15(23)24)11(6-21)16(17,18)19/h2-3,7,10-11H,4-6H2,1H3,(H,23,24)/t10-,11-/m1/s1. The molecule has 1 amide bonds. The molecule has 1 fully saturated rings. The maximum Gasteiger partial charge on any atom is 0.394 e. The van der Waals surface area contributed by atoms with E-state index in [4.69, 9.17) is 9.52 Å². The molecule has 140 valence electrons. The average molecular weight is 388 g/mol. The van der Waals surface area contributed by atoms with Crippen LogP contribution in [0.15, 0.2) is 21.9 Å². The van der Waals surface area contributed by atoms with Crippen molar-refractivity contribution in [1.82, 2.24) is 9.88 Å². The number of rotatable bonds is 4. The average Bonchev–Trinajstić information content (AvgIpc) is 3.24. The van der Waals surface area contributed by atoms with Crippen molar-refractivity contribution in [2.45, 2.75) is 19.5 Å². The number of hydrogen-bond donors (Lipinski definition) is 1. The Balaban J connectivity index is 1.69. The Kier molecular flexibility index (Phi) is 4.78. The SMILES string of the molecule is Cc1ccc(-c2nc(CC(=O)N3C[C@@H](C(F)(F)F)[C@H](C(=O)O)C3)cs2)o1. The molecule has 26 heavy (non-hydrogen) atoms. The van der Waals surface area contributed by atoms with Gasteiger partial charge in [-0.05, 0) is 19.1 Å². The lowest BCUT2D eigenvalue weighted by molar-refractivity contribution is -0.188. The van der Waals surface area contributed by atoms with Crippen LogP contribution in [-0.4, -0.2) is 46.1 Å². The normalized spacial score (nSPS) is 20.5. The summed E-state index contributed by atoms with van der Waals surface area (Å²) in [6, 6.07) is 3.51. The quantitative estimate of drug-likeness (QED) is 0.871. The molecule has 0 aromatic carbocycles. The highest BCUT2D eigenvalue weighted by atomic mass is 32.1. The van der Waals surface area contributed by atoms with E-state index in [0.717, 1.165) is 4.90 Å². The van der Waals surface area contributed by atoms with Gasteiger partial charge >= 0.3 is 12.1 Å². The van der Waals surface area contributed by atoms with Gasteiger partial charge in [-0.2, -0.15) is 13.2 Å². The van der Waals surface area contributed by atoms with Crippen molar-refractivity contribution in [3.8, 4) is 10.8 Å². The summed E-state index contributed by atoms with van der Waals surface area (Å²) in [6.45, 7) is 0.686. The number of nitrogens with zero attached hydrogens (tertiary/aromatic N) is 2. The van der Waals surface area contributed by atoms with Crippen molar-refractivity contribution in [3.63, 3.8) is 0 Å². The lowest BCUT2D eigenvalue weighted by Crippen LogP contribution is -2.34. The smallest absolute Gasteiger partial charge is 0.394 e. The second-order valence-corrected chi connectivity index (χ2v) is 6.98. The van der Waals surface area contributed by atoms with Crippen molar-refractivity contribution in [3.05, 3.63) is 29.0 Å². The molecule has 1 N–H and O–H groups in total. The number of carboxylic acid groups (broad SMARTS) is 1. The van der Waals surface area contributed by atoms with Crippen molar-refractivity contribution in [2.24, 2.45) is 11.8 Å². The number of carbonyl (C=O) groups is 2. The zero-order valence-corrected chi connectivity index (χ0v) is 14.4. The predicted octanol–water partition coefficient (Wildman–Crippen LogP) is 2.98. The molecule has 0 saturated carbocycles. The topological polar surface area (TPSA) is 83.6 Å². The molecule has 1 aliphatic heterocycles. The number of thiazole rings is 1. The minimum absolute atomic E-state index is 0.187. The van der Waals surface area contributed by atoms with Crippen LogP contribution in [0.2, 0.25) is 0 Å². The third kappa shape index (κ3) is 3.74. The van der Waals surface area contributed by atoms with Crippen LogP contribution in [0.25, 0.3) is 10.8 Å². The highest BCUT2D eigenvalue weighted by Crippen LogP contribution is 2.38. The van der Waals surface area contributed by atoms with Crippen LogP contribution in [0, 0.1) is 18.8 Å². The summed E-state index contributed by atoms with van der Waals surface area (Å²) < 4.78 is 44.5. The first kappa shape index (κ1) is 18.4. The van der Waals surface area contributed by atoms with E-state index < -0.39 is 43.0 Å². The number of likely N-dealkylation sites (tertiary alicyclic amines) is 1. The van der Waals surface area contributed by atoms with E-state index in [1.807, 2.05) is 0 Å². The molecule has 6 nitrogen and oxygen atoms in total. The van der Waals surface area contributed by atoms with Crippen molar-refractivity contribution in [2.75, 3.05) is 13.1 Å². The molecule has 3 rings (SSSR count). The number of furan rings is 1. The van der Waals surface area contributed by atoms with Gasteiger partial charge in [0.25, 0.3) is 0 Å². The molecular formula is C16H15F3N2O4S. The molecule has 2 aromatic heterocycles. The maximum absolute atomic E-state index is 13.0. The molecule has 0 bridgehead atoms. The third-order valence-corrected chi connectivity index (χ3v) is 5.15. The van der Waals surface area contributed by atoms with Crippen molar-refractivity contribution >= 4 is 23.2 Å². The molecule has 1 saturated heterocycles. The predicted molar refractivity (Wildman–Crippen MR) is 85.5 cm³/mol. The van der Waals surface area contributed by atoms with Gasteiger partial charge in [-0.3, -0.25) is 9.59 Å². The number of carbonyl (C=O) groups excluding carboxylic acids is 1. The Hall–Kier alpha value is -2.36. The second-order valence-electron chi connectivity index (χ2n) is 6.12. The van der Waals surface area contributed by atoms with E-state index in [1.54, 1.807) is 24.4 Å². The molecule has 2 aromatic rings. The summed E-state index contributed by atoms with van der Waals surface area (Å²) >= 11 is 1.26. The summed E-state index contributed by atoms with van der Waals surface area (Å²) in [5.41, 5.74) is 0.409. The minimum Gasteiger partial charge on any atom is -0.481 e. The minimum atomic E-state index is -4.66. The monoisotopic (exact) mass is 388 g/mol. The van der Waals surface area contributed by atoms with Gasteiger partial charge in [-0.1, -0.05) is 0 Å². The van der Waals surface area contributed by atoms with Gasteiger partial charge in [0.15, 0.2) is 10.8 Å². The molecule has 3 heterocycles. The Bertz CT molecular complexity index is 830. The molecule has 0 aliphatic carbocycles. The van der Waals surface area contributed by atoms with Crippen LogP contribution in [-0.2, 0) is 16.0 Å². The first-order chi connectivity index (χ1) is 12.1. The summed E-state index contributed by atoms with van der Waals surface area (Å²) in [4.78, 5) is 28.6. The highest BCUT2D eigenvalue weighted by Gasteiger charge is 2.53. The van der Waals surface area contributed by atoms with Gasteiger partial charge in [-0.15, -0.1) is 11.3 Å². The van der Waals surface area contributed by atoms with Crippen LogP contribution < -0.4 is 0 Å². The van der Waals surface area contributed by atoms with Gasteiger partial charge in [0.2, 0.25) is 5.91 Å². The van der Waals surface area contributed by atoms with E-state index in [9.17, 15) is 22.8 Å². The first-order valence-electron chi connectivity index (χ1n) is 7.73. The molecule has 0 unspecified atom stereocenters. The number of aryl methyl sites for hydroxylation is 1. The summed E-state index contributed by atoms with van der Waals surface area (Å²) in [5, 5.41) is 11.2. The van der Waals surface area contributed by atoms with E-state index in [1.165, 1.54) is 11.3 Å². The highest BCUT2D eigenvalue weighted by molar-refractivity contribution is 7.13. The third-order valence-electron chi connectivity index (χ3n) is 4.25. The van der Waals surface area contributed by atoms with Crippen molar-refractivity contribution < 1.29 is 32.3 Å². The number of aliphatic carboxylic acids is 1. The fourth-order valence-electron chi connectivity index (χ4n) is 2.91. The number of hydrogen-bond acceptors (Lipinski definition) is 5. The number of carboxylic acids is 1. The molecule has 2 atom stereocenters. The summed E-state index contributed by atoms with van der Waals surface area (Å²) in [7, 11) is 0. The zero-order valence-electron chi connectivity index (χ0n) is 13.6. The molecule has 10 heteroatoms. The Morgan fingerprint density at radius 3 is 2.65 bits per heavy atom. The van der Waals surface area contributed by atoms with Crippen LogP contribution in [0.3, 0.4) is 0 Å². The Morgan fingerprint density at radius 1 is 1.38 bits per heavy atom. The lowest BCUT2D eigenvalue weighted by atomic mass is 9.96. The van der Waals surface area contributed by atoms with E-state index in [-0.39, 0.29) is 6.42 Å². The van der Waals surface area contributed by atoms with Crippen LogP contribution >= 0.6 is 11.3 Å².